The zero-order chi connectivity index (χ0) is 15.4. The van der Waals surface area contributed by atoms with Crippen LogP contribution in [0.2, 0.25) is 0 Å². The van der Waals surface area contributed by atoms with E-state index in [1.54, 1.807) is 0 Å². The van der Waals surface area contributed by atoms with Crippen LogP contribution in [0.4, 0.5) is 0 Å². The van der Waals surface area contributed by atoms with Crippen molar-refractivity contribution in [2.24, 2.45) is 5.41 Å². The molecule has 0 unspecified atom stereocenters. The van der Waals surface area contributed by atoms with E-state index in [4.69, 9.17) is 0 Å². The second-order valence-corrected chi connectivity index (χ2v) is 8.54. The molecule has 0 amide bonds. The highest BCUT2D eigenvalue weighted by Crippen LogP contribution is 2.48. The molecule has 0 radical (unpaired) electrons. The second kappa shape index (κ2) is 6.75. The molecule has 3 rings (SSSR count). The molecule has 22 heavy (non-hydrogen) atoms. The number of hydrogen-bond acceptors (Lipinski definition) is 1. The van der Waals surface area contributed by atoms with Crippen LogP contribution in [-0.4, -0.2) is 5.52 Å². The summed E-state index contributed by atoms with van der Waals surface area (Å²) in [6.45, 7) is 2.19. The summed E-state index contributed by atoms with van der Waals surface area (Å²) in [4.78, 5) is 13.4. The number of benzene rings is 2. The van der Waals surface area contributed by atoms with Gasteiger partial charge in [0, 0.05) is 13.3 Å². The first kappa shape index (κ1) is 15.4. The van der Waals surface area contributed by atoms with Gasteiger partial charge in [-0.05, 0) is 23.5 Å². The quantitative estimate of drug-likeness (QED) is 0.753. The third kappa shape index (κ3) is 3.15. The summed E-state index contributed by atoms with van der Waals surface area (Å²) in [5.74, 6) is 0. The number of rotatable bonds is 4. The Bertz CT molecular complexity index is 575. The maximum atomic E-state index is 13.4. The summed E-state index contributed by atoms with van der Waals surface area (Å²) in [6.07, 6.45) is 5.75. The van der Waals surface area contributed by atoms with Gasteiger partial charge >= 0.3 is 0 Å². The highest BCUT2D eigenvalue weighted by atomic mass is 31.1. The van der Waals surface area contributed by atoms with Crippen LogP contribution in [0.25, 0.3) is 0 Å². The molecule has 0 heterocycles. The highest BCUT2D eigenvalue weighted by molar-refractivity contribution is 7.87. The van der Waals surface area contributed by atoms with E-state index in [1.807, 2.05) is 36.4 Å². The van der Waals surface area contributed by atoms with Crippen LogP contribution in [0.5, 0.6) is 0 Å². The monoisotopic (exact) mass is 310 g/mol. The topological polar surface area (TPSA) is 17.1 Å². The molecule has 0 atom stereocenters. The molecule has 1 aliphatic rings. The van der Waals surface area contributed by atoms with Gasteiger partial charge in [-0.3, -0.25) is 4.79 Å². The predicted octanol–water partition coefficient (Wildman–Crippen LogP) is 4.62. The molecule has 2 aromatic carbocycles. The van der Waals surface area contributed by atoms with E-state index in [1.165, 1.54) is 29.9 Å². The lowest BCUT2D eigenvalue weighted by Gasteiger charge is -2.35. The minimum absolute atomic E-state index is 0.143. The third-order valence-electron chi connectivity index (χ3n) is 4.71. The van der Waals surface area contributed by atoms with Gasteiger partial charge in [-0.25, -0.2) is 0 Å². The molecule has 2 heteroatoms. The zero-order valence-electron chi connectivity index (χ0n) is 13.2. The Morgan fingerprint density at radius 3 is 1.73 bits per heavy atom. The van der Waals surface area contributed by atoms with Crippen LogP contribution in [0.1, 0.15) is 39.0 Å². The van der Waals surface area contributed by atoms with E-state index >= 15 is 0 Å². The Labute approximate surface area is 134 Å². The standard InChI is InChI=1S/C20H23OP/c1-20(15-9-4-10-16-20)19(21)22(17-11-5-2-6-12-17)18-13-7-3-8-14-18/h2-3,5-8,11-14H,4,9-10,15-16H2,1H3. The van der Waals surface area contributed by atoms with Crippen molar-refractivity contribution in [1.82, 2.24) is 0 Å². The summed E-state index contributed by atoms with van der Waals surface area (Å²) in [5.41, 5.74) is 0.315. The molecule has 0 saturated heterocycles. The third-order valence-corrected chi connectivity index (χ3v) is 7.28. The lowest BCUT2D eigenvalue weighted by Crippen LogP contribution is -2.33. The number of carbonyl (C=O) groups is 1. The lowest BCUT2D eigenvalue weighted by molar-refractivity contribution is -0.120. The average Bonchev–Trinajstić information content (AvgIpc) is 2.58. The van der Waals surface area contributed by atoms with Gasteiger partial charge in [0.25, 0.3) is 0 Å². The molecule has 0 N–H and O–H groups in total. The van der Waals surface area contributed by atoms with Gasteiger partial charge in [0.1, 0.15) is 0 Å². The van der Waals surface area contributed by atoms with E-state index in [9.17, 15) is 4.79 Å². The molecule has 1 aliphatic carbocycles. The summed E-state index contributed by atoms with van der Waals surface area (Å²) < 4.78 is 0. The van der Waals surface area contributed by atoms with Crippen LogP contribution in [0, 0.1) is 5.41 Å². The molecule has 1 saturated carbocycles. The van der Waals surface area contributed by atoms with Crippen LogP contribution in [0.3, 0.4) is 0 Å². The highest BCUT2D eigenvalue weighted by Gasteiger charge is 2.39. The van der Waals surface area contributed by atoms with E-state index in [-0.39, 0.29) is 5.41 Å². The van der Waals surface area contributed by atoms with Crippen molar-refractivity contribution in [3.05, 3.63) is 60.7 Å². The van der Waals surface area contributed by atoms with Crippen molar-refractivity contribution in [3.63, 3.8) is 0 Å². The maximum Gasteiger partial charge on any atom is 0.169 e. The summed E-state index contributed by atoms with van der Waals surface area (Å²) in [5, 5.41) is 2.36. The van der Waals surface area contributed by atoms with Gasteiger partial charge in [0.2, 0.25) is 0 Å². The predicted molar refractivity (Wildman–Crippen MR) is 95.3 cm³/mol. The molecule has 114 valence electrons. The van der Waals surface area contributed by atoms with Gasteiger partial charge in [-0.1, -0.05) is 86.8 Å². The van der Waals surface area contributed by atoms with Crippen molar-refractivity contribution in [3.8, 4) is 0 Å². The molecule has 0 aliphatic heterocycles. The Morgan fingerprint density at radius 2 is 1.27 bits per heavy atom. The number of carbonyl (C=O) groups excluding carboxylic acids is 1. The summed E-state index contributed by atoms with van der Waals surface area (Å²) in [7, 11) is -0.922. The molecule has 0 bridgehead atoms. The normalized spacial score (nSPS) is 17.4. The van der Waals surface area contributed by atoms with Crippen molar-refractivity contribution in [2.45, 2.75) is 39.0 Å². The Hall–Kier alpha value is -1.46. The average molecular weight is 310 g/mol. The fraction of sp³-hybridized carbons (Fsp3) is 0.350. The smallest absolute Gasteiger partial charge is 0.169 e. The molecular formula is C20H23OP. The molecule has 0 spiro atoms. The Morgan fingerprint density at radius 1 is 0.818 bits per heavy atom. The Balaban J connectivity index is 2.00. The van der Waals surface area contributed by atoms with E-state index in [2.05, 4.69) is 31.2 Å². The van der Waals surface area contributed by atoms with E-state index < -0.39 is 7.92 Å². The van der Waals surface area contributed by atoms with E-state index in [0.717, 1.165) is 12.8 Å². The summed E-state index contributed by atoms with van der Waals surface area (Å²) >= 11 is 0. The van der Waals surface area contributed by atoms with Crippen LogP contribution in [-0.2, 0) is 4.79 Å². The molecule has 1 fully saturated rings. The Kier molecular flexibility index (Phi) is 4.74. The van der Waals surface area contributed by atoms with Crippen molar-refractivity contribution in [1.29, 1.82) is 0 Å². The molecule has 1 nitrogen and oxygen atoms in total. The lowest BCUT2D eigenvalue weighted by atomic mass is 9.77. The summed E-state index contributed by atoms with van der Waals surface area (Å²) in [6, 6.07) is 20.7. The first-order valence-electron chi connectivity index (χ1n) is 8.15. The number of hydrogen-bond donors (Lipinski definition) is 0. The van der Waals surface area contributed by atoms with Gasteiger partial charge in [0.05, 0.1) is 0 Å². The van der Waals surface area contributed by atoms with Crippen LogP contribution < -0.4 is 10.6 Å². The maximum absolute atomic E-state index is 13.4. The molecular weight excluding hydrogens is 287 g/mol. The van der Waals surface area contributed by atoms with Crippen molar-refractivity contribution in [2.75, 3.05) is 0 Å². The largest absolute Gasteiger partial charge is 0.293 e. The first-order valence-corrected chi connectivity index (χ1v) is 9.50. The second-order valence-electron chi connectivity index (χ2n) is 6.43. The van der Waals surface area contributed by atoms with Crippen molar-refractivity contribution >= 4 is 24.1 Å². The minimum atomic E-state index is -0.922. The van der Waals surface area contributed by atoms with Crippen LogP contribution in [0.15, 0.2) is 60.7 Å². The first-order chi connectivity index (χ1) is 10.7. The van der Waals surface area contributed by atoms with Gasteiger partial charge in [-0.15, -0.1) is 0 Å². The molecule has 0 aromatic heterocycles. The molecule has 2 aromatic rings. The van der Waals surface area contributed by atoms with Gasteiger partial charge in [0.15, 0.2) is 5.52 Å². The fourth-order valence-electron chi connectivity index (χ4n) is 3.35. The van der Waals surface area contributed by atoms with E-state index in [0.29, 0.717) is 5.52 Å². The van der Waals surface area contributed by atoms with Crippen molar-refractivity contribution < 1.29 is 4.79 Å². The fourth-order valence-corrected chi connectivity index (χ4v) is 5.82. The zero-order valence-corrected chi connectivity index (χ0v) is 14.1. The van der Waals surface area contributed by atoms with Crippen LogP contribution >= 0.6 is 7.92 Å². The van der Waals surface area contributed by atoms with Gasteiger partial charge < -0.3 is 0 Å². The SMILES string of the molecule is CC1(C(=O)P(c2ccccc2)c2ccccc2)CCCCC1. The minimum Gasteiger partial charge on any atom is -0.293 e. The van der Waals surface area contributed by atoms with Gasteiger partial charge in [-0.2, -0.15) is 0 Å².